The van der Waals surface area contributed by atoms with Gasteiger partial charge in [0, 0.05) is 5.56 Å². The zero-order chi connectivity index (χ0) is 15.5. The summed E-state index contributed by atoms with van der Waals surface area (Å²) in [6.45, 7) is 0. The molecule has 3 aromatic carbocycles. The molecular weight excluding hydrogens is 285 g/mol. The summed E-state index contributed by atoms with van der Waals surface area (Å²) in [6, 6.07) is 19.8. The van der Waals surface area contributed by atoms with Crippen LogP contribution in [-0.2, 0) is 0 Å². The maximum Gasteiger partial charge on any atom is 0.264 e. The lowest BCUT2D eigenvalue weighted by atomic mass is 9.92. The van der Waals surface area contributed by atoms with E-state index in [1.54, 1.807) is 42.5 Å². The summed E-state index contributed by atoms with van der Waals surface area (Å²) in [5, 5.41) is 0. The fourth-order valence-corrected chi connectivity index (χ4v) is 2.56. The number of rotatable bonds is 3. The molecule has 0 atom stereocenters. The molecule has 0 aliphatic carbocycles. The van der Waals surface area contributed by atoms with Gasteiger partial charge in [-0.15, -0.1) is 0 Å². The van der Waals surface area contributed by atoms with Crippen molar-refractivity contribution in [1.29, 1.82) is 0 Å². The molecule has 0 bridgehead atoms. The minimum atomic E-state index is -2.56. The predicted octanol–water partition coefficient (Wildman–Crippen LogP) is 6.10. The molecule has 0 heterocycles. The molecule has 0 saturated heterocycles. The molecule has 0 saturated carbocycles. The smallest absolute Gasteiger partial charge is 0.207 e. The number of hydrogen-bond donors (Lipinski definition) is 0. The largest absolute Gasteiger partial charge is 0.264 e. The summed E-state index contributed by atoms with van der Waals surface area (Å²) >= 11 is 0. The topological polar surface area (TPSA) is 0 Å². The van der Waals surface area contributed by atoms with Crippen LogP contribution in [0.25, 0.3) is 22.3 Å². The Morgan fingerprint density at radius 3 is 1.95 bits per heavy atom. The van der Waals surface area contributed by atoms with Gasteiger partial charge >= 0.3 is 0 Å². The maximum absolute atomic E-state index is 13.5. The van der Waals surface area contributed by atoms with E-state index in [2.05, 4.69) is 0 Å². The van der Waals surface area contributed by atoms with Gasteiger partial charge in [0.25, 0.3) is 6.43 Å². The van der Waals surface area contributed by atoms with Gasteiger partial charge in [-0.2, -0.15) is 0 Å². The summed E-state index contributed by atoms with van der Waals surface area (Å²) in [7, 11) is 0. The van der Waals surface area contributed by atoms with Gasteiger partial charge in [-0.05, 0) is 34.4 Å². The number of halogens is 3. The van der Waals surface area contributed by atoms with Gasteiger partial charge in [0.15, 0.2) is 0 Å². The summed E-state index contributed by atoms with van der Waals surface area (Å²) in [5.74, 6) is -0.352. The van der Waals surface area contributed by atoms with Crippen LogP contribution in [0.5, 0.6) is 0 Å². The standard InChI is InChI=1S/C19H13F3/c20-14-7-5-6-13(12-14)15-8-1-2-9-16(15)17-10-3-4-11-18(17)19(21)22/h1-12,19H. The molecule has 0 N–H and O–H groups in total. The van der Waals surface area contributed by atoms with E-state index in [1.807, 2.05) is 12.1 Å². The van der Waals surface area contributed by atoms with Crippen molar-refractivity contribution in [3.63, 3.8) is 0 Å². The molecule has 110 valence electrons. The molecular formula is C19H13F3. The summed E-state index contributed by atoms with van der Waals surface area (Å²) in [4.78, 5) is 0. The second-order valence-corrected chi connectivity index (χ2v) is 4.94. The first-order chi connectivity index (χ1) is 10.7. The van der Waals surface area contributed by atoms with Crippen LogP contribution in [0.15, 0.2) is 72.8 Å². The summed E-state index contributed by atoms with van der Waals surface area (Å²) in [6.07, 6.45) is -2.56. The minimum absolute atomic E-state index is 0.0219. The second-order valence-electron chi connectivity index (χ2n) is 4.94. The average Bonchev–Trinajstić information content (AvgIpc) is 2.55. The highest BCUT2D eigenvalue weighted by molar-refractivity contribution is 5.84. The highest BCUT2D eigenvalue weighted by Crippen LogP contribution is 2.37. The van der Waals surface area contributed by atoms with Crippen molar-refractivity contribution >= 4 is 0 Å². The molecule has 0 amide bonds. The Kier molecular flexibility index (Phi) is 3.96. The Morgan fingerprint density at radius 2 is 1.27 bits per heavy atom. The van der Waals surface area contributed by atoms with Gasteiger partial charge in [-0.1, -0.05) is 60.7 Å². The van der Waals surface area contributed by atoms with E-state index in [9.17, 15) is 13.2 Å². The number of benzene rings is 3. The van der Waals surface area contributed by atoms with E-state index in [4.69, 9.17) is 0 Å². The lowest BCUT2D eigenvalue weighted by molar-refractivity contribution is 0.152. The average molecular weight is 298 g/mol. The van der Waals surface area contributed by atoms with Crippen molar-refractivity contribution in [3.05, 3.63) is 84.2 Å². The van der Waals surface area contributed by atoms with E-state index in [-0.39, 0.29) is 11.4 Å². The van der Waals surface area contributed by atoms with E-state index in [0.717, 1.165) is 5.56 Å². The maximum atomic E-state index is 13.5. The van der Waals surface area contributed by atoms with Gasteiger partial charge in [-0.3, -0.25) is 0 Å². The molecule has 0 aromatic heterocycles. The first-order valence-corrected chi connectivity index (χ1v) is 6.89. The van der Waals surface area contributed by atoms with Gasteiger partial charge in [0.1, 0.15) is 5.82 Å². The molecule has 3 aromatic rings. The van der Waals surface area contributed by atoms with Crippen LogP contribution >= 0.6 is 0 Å². The van der Waals surface area contributed by atoms with Crippen molar-refractivity contribution in [2.75, 3.05) is 0 Å². The van der Waals surface area contributed by atoms with Crippen LogP contribution < -0.4 is 0 Å². The number of alkyl halides is 2. The van der Waals surface area contributed by atoms with Gasteiger partial charge in [0.2, 0.25) is 0 Å². The van der Waals surface area contributed by atoms with Crippen LogP contribution in [0.1, 0.15) is 12.0 Å². The normalized spacial score (nSPS) is 10.9. The van der Waals surface area contributed by atoms with Crippen molar-refractivity contribution < 1.29 is 13.2 Å². The van der Waals surface area contributed by atoms with Crippen molar-refractivity contribution in [3.8, 4) is 22.3 Å². The highest BCUT2D eigenvalue weighted by atomic mass is 19.3. The Hall–Kier alpha value is -2.55. The molecule has 0 radical (unpaired) electrons. The Morgan fingerprint density at radius 1 is 0.636 bits per heavy atom. The summed E-state index contributed by atoms with van der Waals surface area (Å²) in [5.41, 5.74) is 2.52. The van der Waals surface area contributed by atoms with E-state index < -0.39 is 6.43 Å². The van der Waals surface area contributed by atoms with Gasteiger partial charge in [-0.25, -0.2) is 13.2 Å². The SMILES string of the molecule is Fc1cccc(-c2ccccc2-c2ccccc2C(F)F)c1. The molecule has 0 fully saturated rings. The third-order valence-corrected chi connectivity index (χ3v) is 3.55. The van der Waals surface area contributed by atoms with Crippen molar-refractivity contribution in [1.82, 2.24) is 0 Å². The van der Waals surface area contributed by atoms with E-state index in [0.29, 0.717) is 16.7 Å². The fourth-order valence-electron chi connectivity index (χ4n) is 2.56. The third-order valence-electron chi connectivity index (χ3n) is 3.55. The Balaban J connectivity index is 2.22. The zero-order valence-electron chi connectivity index (χ0n) is 11.6. The second kappa shape index (κ2) is 6.06. The molecule has 0 nitrogen and oxygen atoms in total. The zero-order valence-corrected chi connectivity index (χ0v) is 11.6. The van der Waals surface area contributed by atoms with Crippen LogP contribution in [0.2, 0.25) is 0 Å². The van der Waals surface area contributed by atoms with Gasteiger partial charge < -0.3 is 0 Å². The van der Waals surface area contributed by atoms with Crippen molar-refractivity contribution in [2.45, 2.75) is 6.43 Å². The molecule has 3 heteroatoms. The molecule has 0 spiro atoms. The Bertz CT molecular complexity index is 794. The van der Waals surface area contributed by atoms with Crippen LogP contribution in [0.3, 0.4) is 0 Å². The van der Waals surface area contributed by atoms with E-state index >= 15 is 0 Å². The summed E-state index contributed by atoms with van der Waals surface area (Å²) < 4.78 is 40.0. The monoisotopic (exact) mass is 298 g/mol. The lowest BCUT2D eigenvalue weighted by Gasteiger charge is -2.14. The molecule has 0 aliphatic rings. The van der Waals surface area contributed by atoms with Gasteiger partial charge in [0.05, 0.1) is 0 Å². The molecule has 0 aliphatic heterocycles. The molecule has 22 heavy (non-hydrogen) atoms. The first-order valence-electron chi connectivity index (χ1n) is 6.89. The first kappa shape index (κ1) is 14.4. The molecule has 0 unspecified atom stereocenters. The quantitative estimate of drug-likeness (QED) is 0.548. The van der Waals surface area contributed by atoms with Crippen LogP contribution in [0, 0.1) is 5.82 Å². The third kappa shape index (κ3) is 2.75. The Labute approximate surface area is 126 Å². The molecule has 3 rings (SSSR count). The van der Waals surface area contributed by atoms with Crippen LogP contribution in [0.4, 0.5) is 13.2 Å². The highest BCUT2D eigenvalue weighted by Gasteiger charge is 2.16. The number of hydrogen-bond acceptors (Lipinski definition) is 0. The predicted molar refractivity (Wildman–Crippen MR) is 82.2 cm³/mol. The van der Waals surface area contributed by atoms with Crippen LogP contribution in [-0.4, -0.2) is 0 Å². The van der Waals surface area contributed by atoms with Crippen molar-refractivity contribution in [2.24, 2.45) is 0 Å². The lowest BCUT2D eigenvalue weighted by Crippen LogP contribution is -1.92. The minimum Gasteiger partial charge on any atom is -0.207 e. The van der Waals surface area contributed by atoms with E-state index in [1.165, 1.54) is 18.2 Å². The fraction of sp³-hybridized carbons (Fsp3) is 0.0526.